The van der Waals surface area contributed by atoms with Gasteiger partial charge in [0.05, 0.1) is 18.3 Å². The summed E-state index contributed by atoms with van der Waals surface area (Å²) in [5.74, 6) is 1.97. The number of ether oxygens (including phenoxy) is 1. The lowest BCUT2D eigenvalue weighted by Gasteiger charge is -2.24. The second kappa shape index (κ2) is 10.7. The number of anilines is 3. The molecular formula is C25H29N9O3. The smallest absolute Gasteiger partial charge is 0.272 e. The number of aryl methyl sites for hydroxylation is 1. The topological polar surface area (TPSA) is 138 Å². The number of nitrogens with zero attached hydrogens (tertiary/aromatic N) is 7. The van der Waals surface area contributed by atoms with Gasteiger partial charge in [-0.3, -0.25) is 14.9 Å². The van der Waals surface area contributed by atoms with Crippen LogP contribution < -0.4 is 10.2 Å². The molecule has 1 amide bonds. The van der Waals surface area contributed by atoms with Crippen molar-refractivity contribution in [2.45, 2.75) is 25.8 Å². The van der Waals surface area contributed by atoms with Crippen LogP contribution in [-0.4, -0.2) is 75.0 Å². The van der Waals surface area contributed by atoms with E-state index in [2.05, 4.69) is 35.5 Å². The Kier molecular flexibility index (Phi) is 7.08. The van der Waals surface area contributed by atoms with E-state index in [-0.39, 0.29) is 17.6 Å². The number of aromatic nitrogens is 6. The molecule has 0 unspecified atom stereocenters. The van der Waals surface area contributed by atoms with E-state index < -0.39 is 0 Å². The molecule has 192 valence electrons. The molecule has 0 aromatic carbocycles. The van der Waals surface area contributed by atoms with Gasteiger partial charge in [-0.15, -0.1) is 0 Å². The van der Waals surface area contributed by atoms with E-state index in [0.717, 1.165) is 24.2 Å². The van der Waals surface area contributed by atoms with Crippen molar-refractivity contribution in [2.24, 2.45) is 0 Å². The average Bonchev–Trinajstić information content (AvgIpc) is 3.68. The van der Waals surface area contributed by atoms with Crippen molar-refractivity contribution in [1.82, 2.24) is 35.2 Å². The van der Waals surface area contributed by atoms with Crippen molar-refractivity contribution in [3.05, 3.63) is 59.7 Å². The fraction of sp³-hybridized carbons (Fsp3) is 0.360. The zero-order chi connectivity index (χ0) is 25.8. The van der Waals surface area contributed by atoms with Crippen LogP contribution in [0.3, 0.4) is 0 Å². The first-order chi connectivity index (χ1) is 18.0. The SMILES string of the molecule is COCCN(C)C(=O)c1cc(Nc2cc(C)[nH]n2)nc(N2CCC[C@H]2c2cc(-c3ccccn3)no2)n1. The summed E-state index contributed by atoms with van der Waals surface area (Å²) in [5, 5.41) is 14.6. The second-order valence-corrected chi connectivity index (χ2v) is 8.90. The molecule has 1 fully saturated rings. The number of amides is 1. The van der Waals surface area contributed by atoms with Crippen LogP contribution in [0.4, 0.5) is 17.6 Å². The lowest BCUT2D eigenvalue weighted by molar-refractivity contribution is 0.0738. The molecule has 12 nitrogen and oxygen atoms in total. The summed E-state index contributed by atoms with van der Waals surface area (Å²) in [6.07, 6.45) is 3.48. The first-order valence-electron chi connectivity index (χ1n) is 12.1. The van der Waals surface area contributed by atoms with Gasteiger partial charge in [0.15, 0.2) is 11.6 Å². The third kappa shape index (κ3) is 5.43. The van der Waals surface area contributed by atoms with E-state index in [1.807, 2.05) is 37.3 Å². The number of pyridine rings is 1. The van der Waals surface area contributed by atoms with Gasteiger partial charge < -0.3 is 24.4 Å². The Balaban J connectivity index is 1.47. The number of rotatable bonds is 9. The van der Waals surface area contributed by atoms with Crippen molar-refractivity contribution in [3.8, 4) is 11.4 Å². The third-order valence-electron chi connectivity index (χ3n) is 6.17. The van der Waals surface area contributed by atoms with Gasteiger partial charge in [0.1, 0.15) is 17.2 Å². The van der Waals surface area contributed by atoms with E-state index in [1.165, 1.54) is 0 Å². The molecule has 1 aliphatic rings. The van der Waals surface area contributed by atoms with E-state index in [1.54, 1.807) is 31.3 Å². The van der Waals surface area contributed by atoms with Crippen molar-refractivity contribution >= 4 is 23.5 Å². The molecule has 5 rings (SSSR count). The molecule has 0 aliphatic carbocycles. The Hall–Kier alpha value is -4.32. The molecule has 0 bridgehead atoms. The Morgan fingerprint density at radius 2 is 2.14 bits per heavy atom. The number of carbonyl (C=O) groups excluding carboxylic acids is 1. The van der Waals surface area contributed by atoms with Crippen LogP contribution in [0, 0.1) is 6.92 Å². The molecule has 4 aromatic heterocycles. The zero-order valence-corrected chi connectivity index (χ0v) is 21.0. The zero-order valence-electron chi connectivity index (χ0n) is 21.0. The molecule has 1 saturated heterocycles. The molecule has 0 spiro atoms. The maximum Gasteiger partial charge on any atom is 0.272 e. The van der Waals surface area contributed by atoms with Crippen molar-refractivity contribution in [1.29, 1.82) is 0 Å². The second-order valence-electron chi connectivity index (χ2n) is 8.90. The summed E-state index contributed by atoms with van der Waals surface area (Å²) < 4.78 is 10.9. The highest BCUT2D eigenvalue weighted by atomic mass is 16.5. The number of hydrogen-bond donors (Lipinski definition) is 2. The van der Waals surface area contributed by atoms with Gasteiger partial charge in [-0.1, -0.05) is 11.2 Å². The predicted molar refractivity (Wildman–Crippen MR) is 137 cm³/mol. The van der Waals surface area contributed by atoms with Gasteiger partial charge in [0, 0.05) is 57.3 Å². The minimum atomic E-state index is -0.227. The Labute approximate surface area is 214 Å². The summed E-state index contributed by atoms with van der Waals surface area (Å²) in [5.41, 5.74) is 2.59. The molecule has 1 atom stereocenters. The molecule has 4 aromatic rings. The van der Waals surface area contributed by atoms with Gasteiger partial charge in [0.25, 0.3) is 5.91 Å². The monoisotopic (exact) mass is 503 g/mol. The average molecular weight is 504 g/mol. The Morgan fingerprint density at radius 1 is 1.24 bits per heavy atom. The first kappa shape index (κ1) is 24.4. The Morgan fingerprint density at radius 3 is 2.89 bits per heavy atom. The maximum atomic E-state index is 13.2. The number of hydrogen-bond acceptors (Lipinski definition) is 10. The highest BCUT2D eigenvalue weighted by molar-refractivity contribution is 5.93. The molecule has 1 aliphatic heterocycles. The number of nitrogens with one attached hydrogen (secondary N) is 2. The van der Waals surface area contributed by atoms with Crippen molar-refractivity contribution in [3.63, 3.8) is 0 Å². The molecule has 0 saturated carbocycles. The number of likely N-dealkylation sites (N-methyl/N-ethyl adjacent to an activating group) is 1. The van der Waals surface area contributed by atoms with Crippen molar-refractivity contribution in [2.75, 3.05) is 44.1 Å². The first-order valence-corrected chi connectivity index (χ1v) is 12.1. The summed E-state index contributed by atoms with van der Waals surface area (Å²) >= 11 is 0. The Bertz CT molecular complexity index is 1350. The molecule has 0 radical (unpaired) electrons. The van der Waals surface area contributed by atoms with Crippen LogP contribution in [0.2, 0.25) is 0 Å². The lowest BCUT2D eigenvalue weighted by Crippen LogP contribution is -2.32. The number of aromatic amines is 1. The molecular weight excluding hydrogens is 474 g/mol. The van der Waals surface area contributed by atoms with Crippen LogP contribution in [0.5, 0.6) is 0 Å². The van der Waals surface area contributed by atoms with Crippen LogP contribution >= 0.6 is 0 Å². The summed E-state index contributed by atoms with van der Waals surface area (Å²) in [4.78, 5) is 30.6. The van der Waals surface area contributed by atoms with Gasteiger partial charge in [-0.2, -0.15) is 10.1 Å². The van der Waals surface area contributed by atoms with E-state index in [0.29, 0.717) is 48.7 Å². The van der Waals surface area contributed by atoms with E-state index in [9.17, 15) is 4.79 Å². The summed E-state index contributed by atoms with van der Waals surface area (Å²) in [6, 6.07) is 10.9. The number of carbonyl (C=O) groups is 1. The fourth-order valence-electron chi connectivity index (χ4n) is 4.26. The van der Waals surface area contributed by atoms with Gasteiger partial charge in [-0.05, 0) is 31.9 Å². The van der Waals surface area contributed by atoms with Crippen molar-refractivity contribution < 1.29 is 14.1 Å². The number of methoxy groups -OCH3 is 1. The van der Waals surface area contributed by atoms with E-state index in [4.69, 9.17) is 14.2 Å². The highest BCUT2D eigenvalue weighted by Crippen LogP contribution is 2.36. The minimum Gasteiger partial charge on any atom is -0.383 e. The van der Waals surface area contributed by atoms with Gasteiger partial charge >= 0.3 is 0 Å². The normalized spacial score (nSPS) is 15.2. The predicted octanol–water partition coefficient (Wildman–Crippen LogP) is 3.36. The standard InChI is InChI=1S/C25H29N9O3/c1-16-13-23(31-30-16)28-22-15-19(24(35)33(2)11-12-36-3)27-25(29-22)34-10-6-8-20(34)21-14-18(32-37-21)17-7-4-5-9-26-17/h4-5,7,9,13-15,20H,6,8,10-12H2,1-3H3,(H2,27,28,29,30,31)/t20-/m0/s1. The van der Waals surface area contributed by atoms with E-state index >= 15 is 0 Å². The third-order valence-corrected chi connectivity index (χ3v) is 6.17. The molecule has 5 heterocycles. The largest absolute Gasteiger partial charge is 0.383 e. The lowest BCUT2D eigenvalue weighted by atomic mass is 10.1. The minimum absolute atomic E-state index is 0.123. The van der Waals surface area contributed by atoms with Gasteiger partial charge in [-0.25, -0.2) is 4.98 Å². The van der Waals surface area contributed by atoms with Crippen LogP contribution in [0.15, 0.2) is 47.1 Å². The van der Waals surface area contributed by atoms with Crippen LogP contribution in [0.25, 0.3) is 11.4 Å². The fourth-order valence-corrected chi connectivity index (χ4v) is 4.26. The quantitative estimate of drug-likeness (QED) is 0.349. The number of H-pyrrole nitrogens is 1. The summed E-state index contributed by atoms with van der Waals surface area (Å²) in [6.45, 7) is 3.49. The summed E-state index contributed by atoms with van der Waals surface area (Å²) in [7, 11) is 3.32. The highest BCUT2D eigenvalue weighted by Gasteiger charge is 2.32. The molecule has 2 N–H and O–H groups in total. The van der Waals surface area contributed by atoms with Gasteiger partial charge in [0.2, 0.25) is 5.95 Å². The van der Waals surface area contributed by atoms with Crippen LogP contribution in [-0.2, 0) is 4.74 Å². The van der Waals surface area contributed by atoms with Crippen LogP contribution in [0.1, 0.15) is 40.8 Å². The maximum absolute atomic E-state index is 13.2. The molecule has 37 heavy (non-hydrogen) atoms. The molecule has 12 heteroatoms.